The highest BCUT2D eigenvalue weighted by Crippen LogP contribution is 2.48. The molecule has 2 N–H and O–H groups in total. The molecule has 0 radical (unpaired) electrons. The maximum atomic E-state index is 5.70. The van der Waals surface area contributed by atoms with E-state index in [9.17, 15) is 0 Å². The Morgan fingerprint density at radius 2 is 2.12 bits per heavy atom. The Balaban J connectivity index is 1.41. The third-order valence-corrected chi connectivity index (χ3v) is 4.99. The van der Waals surface area contributed by atoms with Gasteiger partial charge >= 0.3 is 0 Å². The summed E-state index contributed by atoms with van der Waals surface area (Å²) in [4.78, 5) is 4.81. The summed E-state index contributed by atoms with van der Waals surface area (Å²) in [5.74, 6) is 0.880. The molecule has 3 rings (SSSR count). The second-order valence-electron chi connectivity index (χ2n) is 6.98. The molecular formula is C20H31N3O2. The van der Waals surface area contributed by atoms with Crippen molar-refractivity contribution in [2.24, 2.45) is 4.99 Å². The number of nitrogens with zero attached hydrogens (tertiary/aromatic N) is 1. The Kier molecular flexibility index (Phi) is 6.70. The normalized spacial score (nSPS) is 22.0. The molecule has 1 unspecified atom stereocenters. The summed E-state index contributed by atoms with van der Waals surface area (Å²) >= 11 is 0. The molecule has 0 spiro atoms. The van der Waals surface area contributed by atoms with Crippen LogP contribution in [0.3, 0.4) is 0 Å². The van der Waals surface area contributed by atoms with Crippen molar-refractivity contribution in [1.29, 1.82) is 0 Å². The molecule has 1 heterocycles. The third kappa shape index (κ3) is 5.44. The van der Waals surface area contributed by atoms with E-state index in [2.05, 4.69) is 47.9 Å². The summed E-state index contributed by atoms with van der Waals surface area (Å²) in [5.41, 5.74) is 1.66. The fourth-order valence-corrected chi connectivity index (χ4v) is 3.28. The number of nitrogens with one attached hydrogen (secondary N) is 2. The first-order chi connectivity index (χ1) is 12.3. The van der Waals surface area contributed by atoms with Crippen LogP contribution < -0.4 is 10.6 Å². The second kappa shape index (κ2) is 9.20. The van der Waals surface area contributed by atoms with Gasteiger partial charge in [0.25, 0.3) is 0 Å². The third-order valence-electron chi connectivity index (χ3n) is 4.99. The standard InChI is InChI=1S/C20H31N3O2/c1-2-21-19(22-12-14-24-15-18-9-6-13-25-18)23-16-20(10-11-20)17-7-4-3-5-8-17/h3-5,7-8,18H,2,6,9-16H2,1H3,(H2,21,22,23). The lowest BCUT2D eigenvalue weighted by atomic mass is 9.96. The monoisotopic (exact) mass is 345 g/mol. The van der Waals surface area contributed by atoms with Crippen molar-refractivity contribution in [1.82, 2.24) is 10.6 Å². The van der Waals surface area contributed by atoms with Crippen LogP contribution in [-0.4, -0.2) is 51.5 Å². The first-order valence-electron chi connectivity index (χ1n) is 9.59. The van der Waals surface area contributed by atoms with Gasteiger partial charge in [-0.15, -0.1) is 0 Å². The van der Waals surface area contributed by atoms with Crippen LogP contribution in [0.1, 0.15) is 38.2 Å². The van der Waals surface area contributed by atoms with Crippen molar-refractivity contribution in [3.8, 4) is 0 Å². The van der Waals surface area contributed by atoms with E-state index in [-0.39, 0.29) is 5.41 Å². The molecule has 1 aromatic carbocycles. The maximum absolute atomic E-state index is 5.70. The quantitative estimate of drug-likeness (QED) is 0.410. The molecule has 1 saturated heterocycles. The van der Waals surface area contributed by atoms with Crippen molar-refractivity contribution in [3.63, 3.8) is 0 Å². The van der Waals surface area contributed by atoms with Crippen molar-refractivity contribution < 1.29 is 9.47 Å². The fourth-order valence-electron chi connectivity index (χ4n) is 3.28. The van der Waals surface area contributed by atoms with E-state index in [0.29, 0.717) is 19.3 Å². The van der Waals surface area contributed by atoms with Crippen LogP contribution in [0.25, 0.3) is 0 Å². The van der Waals surface area contributed by atoms with Crippen LogP contribution in [0, 0.1) is 0 Å². The summed E-state index contributed by atoms with van der Waals surface area (Å²) in [7, 11) is 0. The van der Waals surface area contributed by atoms with E-state index in [4.69, 9.17) is 14.5 Å². The lowest BCUT2D eigenvalue weighted by molar-refractivity contribution is 0.0191. The van der Waals surface area contributed by atoms with Crippen molar-refractivity contribution in [3.05, 3.63) is 35.9 Å². The van der Waals surface area contributed by atoms with Crippen molar-refractivity contribution in [2.45, 2.75) is 44.1 Å². The minimum atomic E-state index is 0.250. The Morgan fingerprint density at radius 3 is 2.80 bits per heavy atom. The molecule has 2 fully saturated rings. The number of benzene rings is 1. The minimum Gasteiger partial charge on any atom is -0.377 e. The minimum absolute atomic E-state index is 0.250. The SMILES string of the molecule is CCNC(=NCC1(c2ccccc2)CC1)NCCOCC1CCCO1. The van der Waals surface area contributed by atoms with Crippen LogP contribution in [0.2, 0.25) is 0 Å². The van der Waals surface area contributed by atoms with Gasteiger partial charge in [0.05, 0.1) is 25.9 Å². The Morgan fingerprint density at radius 1 is 1.28 bits per heavy atom. The number of ether oxygens (including phenoxy) is 2. The fraction of sp³-hybridized carbons (Fsp3) is 0.650. The molecule has 0 amide bonds. The number of guanidine groups is 1. The van der Waals surface area contributed by atoms with E-state index < -0.39 is 0 Å². The summed E-state index contributed by atoms with van der Waals surface area (Å²) in [6.45, 7) is 6.81. The Bertz CT molecular complexity index is 537. The summed E-state index contributed by atoms with van der Waals surface area (Å²) < 4.78 is 11.3. The molecule has 25 heavy (non-hydrogen) atoms. The molecule has 1 aliphatic carbocycles. The van der Waals surface area contributed by atoms with Gasteiger partial charge in [-0.25, -0.2) is 0 Å². The number of aliphatic imine (C=N–C) groups is 1. The van der Waals surface area contributed by atoms with E-state index in [1.165, 1.54) is 18.4 Å². The largest absolute Gasteiger partial charge is 0.377 e. The summed E-state index contributed by atoms with van der Waals surface area (Å²) in [6.07, 6.45) is 5.03. The van der Waals surface area contributed by atoms with Gasteiger partial charge in [-0.2, -0.15) is 0 Å². The zero-order valence-electron chi connectivity index (χ0n) is 15.3. The maximum Gasteiger partial charge on any atom is 0.191 e. The van der Waals surface area contributed by atoms with Gasteiger partial charge in [0.1, 0.15) is 0 Å². The zero-order chi connectivity index (χ0) is 17.4. The molecule has 0 bridgehead atoms. The lowest BCUT2D eigenvalue weighted by Gasteiger charge is -2.16. The first-order valence-corrected chi connectivity index (χ1v) is 9.59. The molecule has 138 valence electrons. The average Bonchev–Trinajstić information content (AvgIpc) is 3.27. The molecular weight excluding hydrogens is 314 g/mol. The van der Waals surface area contributed by atoms with Crippen LogP contribution in [0.5, 0.6) is 0 Å². The van der Waals surface area contributed by atoms with Crippen LogP contribution in [-0.2, 0) is 14.9 Å². The summed E-state index contributed by atoms with van der Waals surface area (Å²) in [6, 6.07) is 10.8. The summed E-state index contributed by atoms with van der Waals surface area (Å²) in [5, 5.41) is 6.70. The molecule has 1 aliphatic heterocycles. The van der Waals surface area contributed by atoms with Gasteiger partial charge in [-0.1, -0.05) is 30.3 Å². The lowest BCUT2D eigenvalue weighted by Crippen LogP contribution is -2.39. The molecule has 1 atom stereocenters. The number of hydrogen-bond acceptors (Lipinski definition) is 3. The Labute approximate surface area is 151 Å². The zero-order valence-corrected chi connectivity index (χ0v) is 15.3. The first kappa shape index (κ1) is 18.2. The molecule has 5 heteroatoms. The van der Waals surface area contributed by atoms with Gasteiger partial charge in [-0.05, 0) is 38.2 Å². The van der Waals surface area contributed by atoms with Crippen molar-refractivity contribution in [2.75, 3.05) is 39.5 Å². The number of rotatable bonds is 9. The molecule has 1 aromatic rings. The predicted molar refractivity (Wildman–Crippen MR) is 101 cm³/mol. The van der Waals surface area contributed by atoms with Gasteiger partial charge in [0.2, 0.25) is 0 Å². The van der Waals surface area contributed by atoms with E-state index in [1.807, 2.05) is 0 Å². The molecule has 2 aliphatic rings. The van der Waals surface area contributed by atoms with Crippen molar-refractivity contribution >= 4 is 5.96 Å². The molecule has 5 nitrogen and oxygen atoms in total. The smallest absolute Gasteiger partial charge is 0.191 e. The van der Waals surface area contributed by atoms with Gasteiger partial charge in [0, 0.05) is 25.1 Å². The predicted octanol–water partition coefficient (Wildman–Crippen LogP) is 2.47. The van der Waals surface area contributed by atoms with Crippen LogP contribution in [0.15, 0.2) is 35.3 Å². The van der Waals surface area contributed by atoms with Gasteiger partial charge in [-0.3, -0.25) is 4.99 Å². The van der Waals surface area contributed by atoms with E-state index in [0.717, 1.165) is 45.0 Å². The highest BCUT2D eigenvalue weighted by Gasteiger charge is 2.43. The highest BCUT2D eigenvalue weighted by molar-refractivity contribution is 5.79. The van der Waals surface area contributed by atoms with Gasteiger partial charge in [0.15, 0.2) is 5.96 Å². The van der Waals surface area contributed by atoms with Crippen LogP contribution in [0.4, 0.5) is 0 Å². The average molecular weight is 345 g/mol. The second-order valence-corrected chi connectivity index (χ2v) is 6.98. The highest BCUT2D eigenvalue weighted by atomic mass is 16.5. The number of hydrogen-bond donors (Lipinski definition) is 2. The van der Waals surface area contributed by atoms with E-state index >= 15 is 0 Å². The van der Waals surface area contributed by atoms with E-state index in [1.54, 1.807) is 0 Å². The molecule has 0 aromatic heterocycles. The topological polar surface area (TPSA) is 54.9 Å². The van der Waals surface area contributed by atoms with Crippen LogP contribution >= 0.6 is 0 Å². The Hall–Kier alpha value is -1.59. The van der Waals surface area contributed by atoms with Gasteiger partial charge < -0.3 is 20.1 Å². The molecule has 1 saturated carbocycles.